The zero-order valence-electron chi connectivity index (χ0n) is 20.5. The number of aliphatic hydroxyl groups excluding tert-OH is 1. The average Bonchev–Trinajstić information content (AvgIpc) is 2.87. The second-order valence-corrected chi connectivity index (χ2v) is 9.61. The molecule has 3 heterocycles. The highest BCUT2D eigenvalue weighted by Crippen LogP contribution is 2.22. The fraction of sp³-hybridized carbons (Fsp3) is 0.519. The van der Waals surface area contributed by atoms with Crippen molar-refractivity contribution in [1.29, 1.82) is 0 Å². The number of pyridine rings is 1. The summed E-state index contributed by atoms with van der Waals surface area (Å²) < 4.78 is 11.3. The van der Waals surface area contributed by atoms with Gasteiger partial charge in [0.2, 0.25) is 5.88 Å². The maximum Gasteiger partial charge on any atom is 0.410 e. The van der Waals surface area contributed by atoms with Crippen molar-refractivity contribution in [1.82, 2.24) is 15.2 Å². The Hall–Kier alpha value is -2.97. The van der Waals surface area contributed by atoms with Crippen molar-refractivity contribution >= 4 is 11.9 Å². The highest BCUT2D eigenvalue weighted by Gasteiger charge is 2.27. The monoisotopic (exact) mass is 481 g/mol. The van der Waals surface area contributed by atoms with Crippen LogP contribution in [-0.4, -0.2) is 64.3 Å². The molecular formula is C27H35N3O5. The number of ether oxygens (including phenoxy) is 2. The maximum atomic E-state index is 12.8. The van der Waals surface area contributed by atoms with Crippen molar-refractivity contribution in [2.45, 2.75) is 76.9 Å². The molecule has 0 unspecified atom stereocenters. The number of carbonyl (C=O) groups is 2. The average molecular weight is 482 g/mol. The maximum absolute atomic E-state index is 12.8. The van der Waals surface area contributed by atoms with E-state index in [1.807, 2.05) is 26.0 Å². The van der Waals surface area contributed by atoms with Gasteiger partial charge in [-0.1, -0.05) is 24.3 Å². The number of piperidine rings is 1. The van der Waals surface area contributed by atoms with Gasteiger partial charge in [0.25, 0.3) is 0 Å². The molecule has 2 N–H and O–H groups in total. The summed E-state index contributed by atoms with van der Waals surface area (Å²) in [6, 6.07) is 11.5. The lowest BCUT2D eigenvalue weighted by atomic mass is 9.91. The first-order valence-corrected chi connectivity index (χ1v) is 12.5. The number of carbonyl (C=O) groups excluding carboxylic acids is 2. The third-order valence-corrected chi connectivity index (χ3v) is 6.63. The molecule has 0 bridgehead atoms. The fourth-order valence-corrected chi connectivity index (χ4v) is 4.63. The van der Waals surface area contributed by atoms with Crippen molar-refractivity contribution < 1.29 is 24.2 Å². The topological polar surface area (TPSA) is 101 Å². The van der Waals surface area contributed by atoms with Gasteiger partial charge in [-0.15, -0.1) is 0 Å². The van der Waals surface area contributed by atoms with E-state index in [4.69, 9.17) is 9.47 Å². The molecule has 1 saturated heterocycles. The normalized spacial score (nSPS) is 19.2. The van der Waals surface area contributed by atoms with Crippen LogP contribution in [0.15, 0.2) is 42.6 Å². The Morgan fingerprint density at radius 3 is 2.66 bits per heavy atom. The molecule has 35 heavy (non-hydrogen) atoms. The Morgan fingerprint density at radius 1 is 1.17 bits per heavy atom. The molecule has 1 fully saturated rings. The van der Waals surface area contributed by atoms with E-state index in [1.54, 1.807) is 23.2 Å². The van der Waals surface area contributed by atoms with Crippen LogP contribution in [0.4, 0.5) is 4.79 Å². The Bertz CT molecular complexity index is 1020. The summed E-state index contributed by atoms with van der Waals surface area (Å²) in [5.41, 5.74) is 3.04. The van der Waals surface area contributed by atoms with Crippen molar-refractivity contribution in [3.05, 3.63) is 59.3 Å². The molecule has 2 aliphatic rings. The Balaban J connectivity index is 1.24. The molecule has 2 aromatic rings. The summed E-state index contributed by atoms with van der Waals surface area (Å²) in [5, 5.41) is 14.1. The number of fused-ring (bicyclic) bond motifs is 1. The summed E-state index contributed by atoms with van der Waals surface area (Å²) in [5.74, 6) is 0.365. The van der Waals surface area contributed by atoms with Crippen molar-refractivity contribution in [2.75, 3.05) is 13.1 Å². The van der Waals surface area contributed by atoms with Crippen LogP contribution in [0, 0.1) is 0 Å². The number of rotatable bonds is 8. The third-order valence-electron chi connectivity index (χ3n) is 6.63. The summed E-state index contributed by atoms with van der Waals surface area (Å²) in [6.07, 6.45) is 3.23. The molecule has 2 aliphatic heterocycles. The van der Waals surface area contributed by atoms with Crippen LogP contribution in [-0.2, 0) is 17.7 Å². The zero-order chi connectivity index (χ0) is 24.8. The smallest absolute Gasteiger partial charge is 0.410 e. The number of hydrogen-bond donors (Lipinski definition) is 2. The first kappa shape index (κ1) is 25.1. The number of nitrogens with one attached hydrogen (secondary N) is 1. The number of nitrogens with zero attached hydrogens (tertiary/aromatic N) is 2. The summed E-state index contributed by atoms with van der Waals surface area (Å²) >= 11 is 0. The molecular weight excluding hydrogens is 446 g/mol. The minimum atomic E-state index is -0.600. The lowest BCUT2D eigenvalue weighted by Gasteiger charge is -2.31. The van der Waals surface area contributed by atoms with E-state index >= 15 is 0 Å². The fourth-order valence-electron chi connectivity index (χ4n) is 4.63. The van der Waals surface area contributed by atoms with E-state index in [0.717, 1.165) is 13.0 Å². The summed E-state index contributed by atoms with van der Waals surface area (Å²) in [6.45, 7) is 5.52. The molecule has 0 radical (unpaired) electrons. The van der Waals surface area contributed by atoms with E-state index in [-0.39, 0.29) is 36.5 Å². The molecule has 4 rings (SSSR count). The molecule has 0 saturated carbocycles. The lowest BCUT2D eigenvalue weighted by molar-refractivity contribution is 0.0506. The second-order valence-electron chi connectivity index (χ2n) is 9.61. The molecule has 1 amide bonds. The summed E-state index contributed by atoms with van der Waals surface area (Å²) in [4.78, 5) is 30.8. The molecule has 0 aliphatic carbocycles. The number of likely N-dealkylation sites (tertiary alicyclic amines) is 1. The molecule has 8 nitrogen and oxygen atoms in total. The SMILES string of the molecule is CC(C)OC(=O)N1CCC(Oc2cc(C(=O)CC[C@@H](O)[C@@H]3Cc4ccccc4CN3)ccn2)CC1. The van der Waals surface area contributed by atoms with Gasteiger partial charge in [0, 0.05) is 62.8 Å². The van der Waals surface area contributed by atoms with E-state index in [9.17, 15) is 14.7 Å². The van der Waals surface area contributed by atoms with Crippen molar-refractivity contribution in [2.24, 2.45) is 0 Å². The summed E-state index contributed by atoms with van der Waals surface area (Å²) in [7, 11) is 0. The van der Waals surface area contributed by atoms with Crippen molar-refractivity contribution in [3.8, 4) is 5.88 Å². The van der Waals surface area contributed by atoms with Gasteiger partial charge in [-0.3, -0.25) is 4.79 Å². The zero-order valence-corrected chi connectivity index (χ0v) is 20.5. The van der Waals surface area contributed by atoms with E-state index in [2.05, 4.69) is 22.4 Å². The van der Waals surface area contributed by atoms with Gasteiger partial charge < -0.3 is 24.8 Å². The van der Waals surface area contributed by atoms with Crippen LogP contribution in [0.2, 0.25) is 0 Å². The quantitative estimate of drug-likeness (QED) is 0.557. The number of aromatic nitrogens is 1. The number of amides is 1. The molecule has 0 spiro atoms. The predicted molar refractivity (Wildman–Crippen MR) is 131 cm³/mol. The van der Waals surface area contributed by atoms with Crippen LogP contribution in [0.3, 0.4) is 0 Å². The molecule has 188 valence electrons. The highest BCUT2D eigenvalue weighted by molar-refractivity contribution is 5.96. The lowest BCUT2D eigenvalue weighted by Crippen LogP contribution is -2.44. The van der Waals surface area contributed by atoms with Gasteiger partial charge >= 0.3 is 6.09 Å². The molecule has 2 atom stereocenters. The van der Waals surface area contributed by atoms with Crippen LogP contribution in [0.1, 0.15) is 61.0 Å². The largest absolute Gasteiger partial charge is 0.474 e. The molecule has 1 aromatic heterocycles. The minimum absolute atomic E-state index is 0.0428. The van der Waals surface area contributed by atoms with Gasteiger partial charge in [-0.05, 0) is 43.9 Å². The molecule has 1 aromatic carbocycles. The third kappa shape index (κ3) is 6.80. The number of hydrogen-bond acceptors (Lipinski definition) is 7. The predicted octanol–water partition coefficient (Wildman–Crippen LogP) is 3.51. The van der Waals surface area contributed by atoms with Crippen LogP contribution < -0.4 is 10.1 Å². The molecule has 8 heteroatoms. The van der Waals surface area contributed by atoms with E-state index in [0.29, 0.717) is 43.8 Å². The van der Waals surface area contributed by atoms with E-state index < -0.39 is 6.10 Å². The Morgan fingerprint density at radius 2 is 1.91 bits per heavy atom. The Kier molecular flexibility index (Phi) is 8.36. The number of benzene rings is 1. The van der Waals surface area contributed by atoms with Gasteiger partial charge in [-0.25, -0.2) is 9.78 Å². The standard InChI is InChI=1S/C27H35N3O5/c1-18(2)34-27(33)30-13-10-22(11-14-30)35-26-16-20(9-12-28-26)24(31)7-8-25(32)23-15-19-5-3-4-6-21(19)17-29-23/h3-6,9,12,16,18,22-23,25,29,32H,7-8,10-11,13-15,17H2,1-2H3/t23-,25+/m0/s1. The minimum Gasteiger partial charge on any atom is -0.474 e. The number of Topliss-reactive ketones (excluding diaryl/α,β-unsaturated/α-hetero) is 1. The van der Waals surface area contributed by atoms with Gasteiger partial charge in [0.15, 0.2) is 5.78 Å². The van der Waals surface area contributed by atoms with Crippen LogP contribution in [0.5, 0.6) is 5.88 Å². The van der Waals surface area contributed by atoms with Crippen molar-refractivity contribution in [3.63, 3.8) is 0 Å². The van der Waals surface area contributed by atoms with Crippen LogP contribution in [0.25, 0.3) is 0 Å². The van der Waals surface area contributed by atoms with E-state index in [1.165, 1.54) is 11.1 Å². The highest BCUT2D eigenvalue weighted by atomic mass is 16.6. The number of ketones is 1. The van der Waals surface area contributed by atoms with Gasteiger partial charge in [0.05, 0.1) is 12.2 Å². The first-order valence-electron chi connectivity index (χ1n) is 12.5. The van der Waals surface area contributed by atoms with Gasteiger partial charge in [-0.2, -0.15) is 0 Å². The Labute approximate surface area is 206 Å². The first-order chi connectivity index (χ1) is 16.9. The number of aliphatic hydroxyl groups is 1. The van der Waals surface area contributed by atoms with Gasteiger partial charge in [0.1, 0.15) is 6.10 Å². The second kappa shape index (κ2) is 11.6. The van der Waals surface area contributed by atoms with Crippen LogP contribution >= 0.6 is 0 Å².